The Labute approximate surface area is 125 Å². The maximum atomic E-state index is 11.5. The van der Waals surface area contributed by atoms with Gasteiger partial charge in [-0.05, 0) is 23.3 Å². The molecule has 0 unspecified atom stereocenters. The summed E-state index contributed by atoms with van der Waals surface area (Å²) in [6.07, 6.45) is 3.24. The Morgan fingerprint density at radius 3 is 2.30 bits per heavy atom. The zero-order valence-electron chi connectivity index (χ0n) is 10.1. The standard InChI is InChI=1S/C14H7N3OS2/c15-7-11(8-16)5-9-1-3-10(4-2-9)6-12-13(18)17-14(19)20-12/h1-6H,(H,17,18,19). The maximum Gasteiger partial charge on any atom is 0.263 e. The number of rotatable bonds is 2. The van der Waals surface area contributed by atoms with Crippen LogP contribution in [-0.4, -0.2) is 10.2 Å². The van der Waals surface area contributed by atoms with E-state index >= 15 is 0 Å². The molecule has 0 saturated carbocycles. The summed E-state index contributed by atoms with van der Waals surface area (Å²) in [5.74, 6) is -0.194. The number of nitriles is 2. The second-order valence-corrected chi connectivity index (χ2v) is 5.52. The summed E-state index contributed by atoms with van der Waals surface area (Å²) in [5.41, 5.74) is 1.65. The van der Waals surface area contributed by atoms with Crippen molar-refractivity contribution in [1.29, 1.82) is 10.5 Å². The number of allylic oxidation sites excluding steroid dienone is 1. The Hall–Kier alpha value is -2.41. The summed E-state index contributed by atoms with van der Waals surface area (Å²) in [6.45, 7) is 0. The minimum atomic E-state index is -0.194. The van der Waals surface area contributed by atoms with Crippen LogP contribution in [0.15, 0.2) is 34.7 Å². The molecule has 1 amide bonds. The van der Waals surface area contributed by atoms with Crippen molar-refractivity contribution >= 4 is 46.4 Å². The van der Waals surface area contributed by atoms with Gasteiger partial charge < -0.3 is 5.32 Å². The molecule has 1 aliphatic rings. The van der Waals surface area contributed by atoms with Gasteiger partial charge in [0.15, 0.2) is 0 Å². The van der Waals surface area contributed by atoms with E-state index in [1.54, 1.807) is 42.5 Å². The lowest BCUT2D eigenvalue weighted by Crippen LogP contribution is -2.17. The third-order valence-electron chi connectivity index (χ3n) is 2.43. The maximum absolute atomic E-state index is 11.5. The van der Waals surface area contributed by atoms with E-state index in [0.717, 1.165) is 11.1 Å². The van der Waals surface area contributed by atoms with E-state index in [2.05, 4.69) is 5.32 Å². The molecular formula is C14H7N3OS2. The summed E-state index contributed by atoms with van der Waals surface area (Å²) in [6, 6.07) is 10.8. The Balaban J connectivity index is 2.22. The van der Waals surface area contributed by atoms with Crippen molar-refractivity contribution in [2.24, 2.45) is 0 Å². The second-order valence-electron chi connectivity index (χ2n) is 3.80. The van der Waals surface area contributed by atoms with Crippen molar-refractivity contribution in [3.05, 3.63) is 45.9 Å². The van der Waals surface area contributed by atoms with Gasteiger partial charge in [0.1, 0.15) is 22.0 Å². The fourth-order valence-electron chi connectivity index (χ4n) is 1.52. The third kappa shape index (κ3) is 3.33. The number of thioether (sulfide) groups is 1. The molecule has 0 radical (unpaired) electrons. The Kier molecular flexibility index (Phi) is 4.31. The molecule has 2 rings (SSSR count). The molecular weight excluding hydrogens is 290 g/mol. The molecule has 0 atom stereocenters. The number of benzene rings is 1. The monoisotopic (exact) mass is 297 g/mol. The summed E-state index contributed by atoms with van der Waals surface area (Å²) in [5, 5.41) is 19.9. The quantitative estimate of drug-likeness (QED) is 0.516. The van der Waals surface area contributed by atoms with Gasteiger partial charge in [0, 0.05) is 0 Å². The molecule has 1 heterocycles. The predicted molar refractivity (Wildman–Crippen MR) is 82.0 cm³/mol. The average molecular weight is 297 g/mol. The van der Waals surface area contributed by atoms with Crippen molar-refractivity contribution in [1.82, 2.24) is 5.32 Å². The fraction of sp³-hybridized carbons (Fsp3) is 0. The molecule has 96 valence electrons. The molecule has 1 aliphatic heterocycles. The molecule has 0 aromatic heterocycles. The van der Waals surface area contributed by atoms with Crippen LogP contribution in [0.4, 0.5) is 0 Å². The number of amides is 1. The van der Waals surface area contributed by atoms with Gasteiger partial charge in [0.25, 0.3) is 5.91 Å². The van der Waals surface area contributed by atoms with Gasteiger partial charge in [-0.25, -0.2) is 0 Å². The van der Waals surface area contributed by atoms with E-state index in [9.17, 15) is 4.79 Å². The lowest BCUT2D eigenvalue weighted by molar-refractivity contribution is -0.115. The van der Waals surface area contributed by atoms with E-state index in [0.29, 0.717) is 9.23 Å². The van der Waals surface area contributed by atoms with Crippen molar-refractivity contribution in [3.63, 3.8) is 0 Å². The first-order valence-corrected chi connectivity index (χ1v) is 6.71. The Morgan fingerprint density at radius 1 is 1.20 bits per heavy atom. The van der Waals surface area contributed by atoms with Gasteiger partial charge in [-0.3, -0.25) is 4.79 Å². The minimum absolute atomic E-state index is 0.0483. The number of nitrogens with zero attached hydrogens (tertiary/aromatic N) is 2. The molecule has 1 fully saturated rings. The predicted octanol–water partition coefficient (Wildman–Crippen LogP) is 2.61. The van der Waals surface area contributed by atoms with Crippen molar-refractivity contribution in [2.45, 2.75) is 0 Å². The molecule has 1 aromatic carbocycles. The molecule has 0 spiro atoms. The Morgan fingerprint density at radius 2 is 1.80 bits per heavy atom. The zero-order chi connectivity index (χ0) is 14.5. The number of thiocarbonyl (C=S) groups is 1. The molecule has 20 heavy (non-hydrogen) atoms. The lowest BCUT2D eigenvalue weighted by atomic mass is 10.1. The van der Waals surface area contributed by atoms with Crippen LogP contribution in [0, 0.1) is 22.7 Å². The summed E-state index contributed by atoms with van der Waals surface area (Å²) >= 11 is 6.13. The molecule has 0 aliphatic carbocycles. The van der Waals surface area contributed by atoms with Crippen LogP contribution in [0.3, 0.4) is 0 Å². The van der Waals surface area contributed by atoms with Crippen LogP contribution < -0.4 is 5.32 Å². The van der Waals surface area contributed by atoms with Crippen LogP contribution in [-0.2, 0) is 4.79 Å². The van der Waals surface area contributed by atoms with Crippen LogP contribution >= 0.6 is 24.0 Å². The zero-order valence-corrected chi connectivity index (χ0v) is 11.7. The van der Waals surface area contributed by atoms with E-state index in [4.69, 9.17) is 22.7 Å². The van der Waals surface area contributed by atoms with E-state index in [-0.39, 0.29) is 11.5 Å². The molecule has 0 bridgehead atoms. The van der Waals surface area contributed by atoms with Gasteiger partial charge in [-0.1, -0.05) is 48.2 Å². The highest BCUT2D eigenvalue weighted by atomic mass is 32.2. The normalized spacial score (nSPS) is 15.4. The van der Waals surface area contributed by atoms with Crippen molar-refractivity contribution < 1.29 is 4.79 Å². The summed E-state index contributed by atoms with van der Waals surface area (Å²) in [4.78, 5) is 12.1. The van der Waals surface area contributed by atoms with Gasteiger partial charge >= 0.3 is 0 Å². The minimum Gasteiger partial charge on any atom is -0.307 e. The van der Waals surface area contributed by atoms with Gasteiger partial charge in [0.05, 0.1) is 4.91 Å². The summed E-state index contributed by atoms with van der Waals surface area (Å²) < 4.78 is 0.452. The smallest absolute Gasteiger partial charge is 0.263 e. The lowest BCUT2D eigenvalue weighted by Gasteiger charge is -1.97. The number of carbonyl (C=O) groups excluding carboxylic acids is 1. The van der Waals surface area contributed by atoms with Gasteiger partial charge in [-0.2, -0.15) is 10.5 Å². The first-order valence-electron chi connectivity index (χ1n) is 5.49. The van der Waals surface area contributed by atoms with Crippen LogP contribution in [0.5, 0.6) is 0 Å². The number of carbonyl (C=O) groups is 1. The number of hydrogen-bond acceptors (Lipinski definition) is 5. The third-order valence-corrected chi connectivity index (χ3v) is 3.59. The Bertz CT molecular complexity index is 702. The average Bonchev–Trinajstić information content (AvgIpc) is 2.76. The molecule has 1 saturated heterocycles. The largest absolute Gasteiger partial charge is 0.307 e. The molecule has 4 nitrogen and oxygen atoms in total. The second kappa shape index (κ2) is 6.16. The van der Waals surface area contributed by atoms with Crippen LogP contribution in [0.2, 0.25) is 0 Å². The molecule has 1 N–H and O–H groups in total. The highest BCUT2D eigenvalue weighted by molar-refractivity contribution is 8.26. The van der Waals surface area contributed by atoms with E-state index in [1.807, 2.05) is 0 Å². The fourth-order valence-corrected chi connectivity index (χ4v) is 2.56. The molecule has 1 aromatic rings. The molecule has 6 heteroatoms. The highest BCUT2D eigenvalue weighted by Gasteiger charge is 2.21. The topological polar surface area (TPSA) is 76.7 Å². The van der Waals surface area contributed by atoms with Crippen molar-refractivity contribution in [3.8, 4) is 12.1 Å². The highest BCUT2D eigenvalue weighted by Crippen LogP contribution is 2.25. The van der Waals surface area contributed by atoms with E-state index in [1.165, 1.54) is 17.8 Å². The SMILES string of the molecule is N#CC(C#N)=Cc1ccc(C=C2SC(=S)NC2=O)cc1. The first kappa shape index (κ1) is 14.0. The van der Waals surface area contributed by atoms with Crippen molar-refractivity contribution in [2.75, 3.05) is 0 Å². The summed E-state index contributed by atoms with van der Waals surface area (Å²) in [7, 11) is 0. The van der Waals surface area contributed by atoms with Gasteiger partial charge in [0.2, 0.25) is 0 Å². The van der Waals surface area contributed by atoms with E-state index < -0.39 is 0 Å². The van der Waals surface area contributed by atoms with Gasteiger partial charge in [-0.15, -0.1) is 0 Å². The van der Waals surface area contributed by atoms with Crippen LogP contribution in [0.1, 0.15) is 11.1 Å². The first-order chi connectivity index (χ1) is 9.62. The van der Waals surface area contributed by atoms with Crippen LogP contribution in [0.25, 0.3) is 12.2 Å². The number of hydrogen-bond donors (Lipinski definition) is 1. The number of nitrogens with one attached hydrogen (secondary N) is 1.